The smallest absolute Gasteiger partial charge is 0.224 e. The van der Waals surface area contributed by atoms with Gasteiger partial charge in [0.2, 0.25) is 5.91 Å². The molecule has 1 aromatic rings. The van der Waals surface area contributed by atoms with E-state index in [0.29, 0.717) is 49.9 Å². The lowest BCUT2D eigenvalue weighted by Crippen LogP contribution is -2.41. The van der Waals surface area contributed by atoms with Crippen molar-refractivity contribution in [2.45, 2.75) is 6.42 Å². The lowest BCUT2D eigenvalue weighted by atomic mass is 10.2. The number of halogens is 1. The van der Waals surface area contributed by atoms with Gasteiger partial charge in [0, 0.05) is 26.1 Å². The molecule has 1 saturated heterocycles. The molecule has 5 nitrogen and oxygen atoms in total. The van der Waals surface area contributed by atoms with E-state index in [1.54, 1.807) is 18.2 Å². The summed E-state index contributed by atoms with van der Waals surface area (Å²) < 4.78 is 5.21. The van der Waals surface area contributed by atoms with Crippen molar-refractivity contribution in [3.8, 4) is 6.07 Å². The number of benzene rings is 1. The third-order valence-corrected chi connectivity index (χ3v) is 3.43. The molecule has 106 valence electrons. The average molecular weight is 294 g/mol. The fourth-order valence-electron chi connectivity index (χ4n) is 2.00. The van der Waals surface area contributed by atoms with E-state index in [1.807, 2.05) is 11.0 Å². The highest BCUT2D eigenvalue weighted by Crippen LogP contribution is 2.22. The molecule has 0 bridgehead atoms. The summed E-state index contributed by atoms with van der Waals surface area (Å²) >= 11 is 6.05. The Morgan fingerprint density at radius 2 is 2.20 bits per heavy atom. The minimum Gasteiger partial charge on any atom is -0.383 e. The third kappa shape index (κ3) is 3.86. The van der Waals surface area contributed by atoms with Crippen LogP contribution in [0.1, 0.15) is 12.0 Å². The number of rotatable bonds is 4. The normalized spacial score (nSPS) is 14.7. The summed E-state index contributed by atoms with van der Waals surface area (Å²) in [7, 11) is 0. The zero-order valence-corrected chi connectivity index (χ0v) is 11.8. The molecule has 0 aliphatic carbocycles. The van der Waals surface area contributed by atoms with Gasteiger partial charge < -0.3 is 15.0 Å². The SMILES string of the molecule is N#Cc1ccc(NCCC(=O)N2CCOCC2)c(Cl)c1. The molecule has 0 aromatic heterocycles. The fourth-order valence-corrected chi connectivity index (χ4v) is 2.25. The summed E-state index contributed by atoms with van der Waals surface area (Å²) in [6.45, 7) is 3.07. The van der Waals surface area contributed by atoms with Gasteiger partial charge >= 0.3 is 0 Å². The molecule has 0 radical (unpaired) electrons. The molecule has 1 aliphatic heterocycles. The van der Waals surface area contributed by atoms with Gasteiger partial charge in [0.15, 0.2) is 0 Å². The number of amides is 1. The second kappa shape index (κ2) is 7.13. The second-order valence-electron chi connectivity index (χ2n) is 4.48. The maximum Gasteiger partial charge on any atom is 0.224 e. The summed E-state index contributed by atoms with van der Waals surface area (Å²) in [5.41, 5.74) is 1.25. The number of carbonyl (C=O) groups excluding carboxylic acids is 1. The first-order valence-corrected chi connectivity index (χ1v) is 6.87. The van der Waals surface area contributed by atoms with Crippen molar-refractivity contribution in [2.24, 2.45) is 0 Å². The molecule has 0 atom stereocenters. The van der Waals surface area contributed by atoms with Gasteiger partial charge in [-0.15, -0.1) is 0 Å². The third-order valence-electron chi connectivity index (χ3n) is 3.12. The van der Waals surface area contributed by atoms with Gasteiger partial charge in [-0.05, 0) is 18.2 Å². The van der Waals surface area contributed by atoms with E-state index >= 15 is 0 Å². The van der Waals surface area contributed by atoms with Gasteiger partial charge in [-0.25, -0.2) is 0 Å². The Hall–Kier alpha value is -1.77. The van der Waals surface area contributed by atoms with Crippen molar-refractivity contribution < 1.29 is 9.53 Å². The standard InChI is InChI=1S/C14H16ClN3O2/c15-12-9-11(10-16)1-2-13(12)17-4-3-14(19)18-5-7-20-8-6-18/h1-2,9,17H,3-8H2. The van der Waals surface area contributed by atoms with Crippen molar-refractivity contribution in [1.82, 2.24) is 4.90 Å². The summed E-state index contributed by atoms with van der Waals surface area (Å²) in [6, 6.07) is 7.07. The number of carbonyl (C=O) groups is 1. The molecule has 1 amide bonds. The highest BCUT2D eigenvalue weighted by molar-refractivity contribution is 6.33. The molecule has 1 heterocycles. The van der Waals surface area contributed by atoms with E-state index in [9.17, 15) is 4.79 Å². The quantitative estimate of drug-likeness (QED) is 0.920. The van der Waals surface area contributed by atoms with Crippen LogP contribution in [0.4, 0.5) is 5.69 Å². The van der Waals surface area contributed by atoms with Crippen molar-refractivity contribution in [2.75, 3.05) is 38.2 Å². The van der Waals surface area contributed by atoms with Crippen LogP contribution in [0.15, 0.2) is 18.2 Å². The van der Waals surface area contributed by atoms with Crippen LogP contribution in [0.5, 0.6) is 0 Å². The largest absolute Gasteiger partial charge is 0.383 e. The van der Waals surface area contributed by atoms with Crippen LogP contribution < -0.4 is 5.32 Å². The zero-order valence-electron chi connectivity index (χ0n) is 11.1. The predicted molar refractivity (Wildman–Crippen MR) is 76.7 cm³/mol. The van der Waals surface area contributed by atoms with Crippen LogP contribution in [0, 0.1) is 11.3 Å². The van der Waals surface area contributed by atoms with Crippen LogP contribution in [-0.4, -0.2) is 43.7 Å². The molecule has 20 heavy (non-hydrogen) atoms. The molecule has 1 fully saturated rings. The number of anilines is 1. The summed E-state index contributed by atoms with van der Waals surface area (Å²) in [4.78, 5) is 13.7. The van der Waals surface area contributed by atoms with E-state index < -0.39 is 0 Å². The summed E-state index contributed by atoms with van der Waals surface area (Å²) in [5.74, 6) is 0.116. The number of ether oxygens (including phenoxy) is 1. The lowest BCUT2D eigenvalue weighted by molar-refractivity contribution is -0.134. The van der Waals surface area contributed by atoms with Crippen molar-refractivity contribution in [3.63, 3.8) is 0 Å². The highest BCUT2D eigenvalue weighted by Gasteiger charge is 2.16. The maximum absolute atomic E-state index is 11.9. The molecule has 1 aromatic carbocycles. The van der Waals surface area contributed by atoms with E-state index in [2.05, 4.69) is 5.32 Å². The highest BCUT2D eigenvalue weighted by atomic mass is 35.5. The minimum absolute atomic E-state index is 0.116. The van der Waals surface area contributed by atoms with Crippen LogP contribution in [0.3, 0.4) is 0 Å². The first-order valence-electron chi connectivity index (χ1n) is 6.50. The van der Waals surface area contributed by atoms with Gasteiger partial charge in [0.05, 0.1) is 35.6 Å². The van der Waals surface area contributed by atoms with Crippen molar-refractivity contribution in [3.05, 3.63) is 28.8 Å². The Kier molecular flexibility index (Phi) is 5.22. The van der Waals surface area contributed by atoms with Gasteiger partial charge in [-0.2, -0.15) is 5.26 Å². The Labute approximate surface area is 123 Å². The zero-order chi connectivity index (χ0) is 14.4. The molecular formula is C14H16ClN3O2. The number of nitriles is 1. The molecule has 0 spiro atoms. The van der Waals surface area contributed by atoms with Gasteiger partial charge in [-0.1, -0.05) is 11.6 Å². The molecule has 0 unspecified atom stereocenters. The van der Waals surface area contributed by atoms with Gasteiger partial charge in [0.1, 0.15) is 0 Å². The first kappa shape index (κ1) is 14.6. The molecule has 0 saturated carbocycles. The van der Waals surface area contributed by atoms with Crippen LogP contribution in [-0.2, 0) is 9.53 Å². The van der Waals surface area contributed by atoms with Crippen LogP contribution in [0.2, 0.25) is 5.02 Å². The van der Waals surface area contributed by atoms with Gasteiger partial charge in [-0.3, -0.25) is 4.79 Å². The summed E-state index contributed by atoms with van der Waals surface area (Å²) in [6.07, 6.45) is 0.413. The van der Waals surface area contributed by atoms with E-state index in [0.717, 1.165) is 5.69 Å². The molecule has 6 heteroatoms. The Balaban J connectivity index is 1.80. The van der Waals surface area contributed by atoms with E-state index in [4.69, 9.17) is 21.6 Å². The minimum atomic E-state index is 0.116. The molecular weight excluding hydrogens is 278 g/mol. The van der Waals surface area contributed by atoms with Gasteiger partial charge in [0.25, 0.3) is 0 Å². The number of morpholine rings is 1. The second-order valence-corrected chi connectivity index (χ2v) is 4.88. The lowest BCUT2D eigenvalue weighted by Gasteiger charge is -2.27. The summed E-state index contributed by atoms with van der Waals surface area (Å²) in [5, 5.41) is 12.4. The first-order chi connectivity index (χ1) is 9.70. The molecule has 1 aliphatic rings. The van der Waals surface area contributed by atoms with Crippen LogP contribution >= 0.6 is 11.6 Å². The monoisotopic (exact) mass is 293 g/mol. The topological polar surface area (TPSA) is 65.4 Å². The van der Waals surface area contributed by atoms with Crippen LogP contribution in [0.25, 0.3) is 0 Å². The van der Waals surface area contributed by atoms with Crippen molar-refractivity contribution in [1.29, 1.82) is 5.26 Å². The maximum atomic E-state index is 11.9. The number of nitrogens with zero attached hydrogens (tertiary/aromatic N) is 2. The average Bonchev–Trinajstić information content (AvgIpc) is 2.49. The predicted octanol–water partition coefficient (Wildman–Crippen LogP) is 1.87. The van der Waals surface area contributed by atoms with E-state index in [1.165, 1.54) is 0 Å². The molecule has 2 rings (SSSR count). The molecule has 1 N–H and O–H groups in total. The van der Waals surface area contributed by atoms with E-state index in [-0.39, 0.29) is 5.91 Å². The number of hydrogen-bond donors (Lipinski definition) is 1. The van der Waals surface area contributed by atoms with Crippen molar-refractivity contribution >= 4 is 23.2 Å². The fraction of sp³-hybridized carbons (Fsp3) is 0.429. The Morgan fingerprint density at radius 1 is 1.45 bits per heavy atom. The number of nitrogens with one attached hydrogen (secondary N) is 1. The Morgan fingerprint density at radius 3 is 2.85 bits per heavy atom. The number of hydrogen-bond acceptors (Lipinski definition) is 4. The Bertz CT molecular complexity index is 522.